The number of carbonyl (C=O) groups is 1. The summed E-state index contributed by atoms with van der Waals surface area (Å²) in [7, 11) is 0. The predicted molar refractivity (Wildman–Crippen MR) is 66.3 cm³/mol. The summed E-state index contributed by atoms with van der Waals surface area (Å²) in [6.45, 7) is 2.06. The fourth-order valence-electron chi connectivity index (χ4n) is 3.02. The van der Waals surface area contributed by atoms with E-state index in [0.717, 1.165) is 32.4 Å². The van der Waals surface area contributed by atoms with E-state index in [2.05, 4.69) is 0 Å². The molecule has 1 aliphatic heterocycles. The van der Waals surface area contributed by atoms with Crippen molar-refractivity contribution in [2.24, 2.45) is 17.6 Å². The third-order valence-electron chi connectivity index (χ3n) is 4.28. The van der Waals surface area contributed by atoms with Gasteiger partial charge in [0.25, 0.3) is 0 Å². The summed E-state index contributed by atoms with van der Waals surface area (Å²) in [4.78, 5) is 13.8. The van der Waals surface area contributed by atoms with Crippen LogP contribution in [0.2, 0.25) is 0 Å². The molecule has 1 heterocycles. The van der Waals surface area contributed by atoms with Crippen LogP contribution in [0.4, 0.5) is 0 Å². The normalized spacial score (nSPS) is 34.0. The summed E-state index contributed by atoms with van der Waals surface area (Å²) < 4.78 is 0. The van der Waals surface area contributed by atoms with Crippen molar-refractivity contribution in [2.75, 3.05) is 19.6 Å². The Balaban J connectivity index is 1.72. The Morgan fingerprint density at radius 2 is 1.82 bits per heavy atom. The van der Waals surface area contributed by atoms with Crippen LogP contribution in [-0.4, -0.2) is 41.7 Å². The van der Waals surface area contributed by atoms with E-state index in [4.69, 9.17) is 5.73 Å². The minimum absolute atomic E-state index is 0.234. The molecule has 0 aromatic carbocycles. The molecule has 1 aliphatic carbocycles. The predicted octanol–water partition coefficient (Wildman–Crippen LogP) is 0.735. The van der Waals surface area contributed by atoms with Gasteiger partial charge in [0.05, 0.1) is 6.10 Å². The Bertz CT molecular complexity index is 262. The van der Waals surface area contributed by atoms with Gasteiger partial charge in [-0.25, -0.2) is 0 Å². The van der Waals surface area contributed by atoms with Crippen molar-refractivity contribution >= 4 is 5.91 Å². The number of nitrogens with zero attached hydrogens (tertiary/aromatic N) is 1. The molecule has 1 saturated heterocycles. The van der Waals surface area contributed by atoms with Gasteiger partial charge in [-0.1, -0.05) is 0 Å². The first kappa shape index (κ1) is 12.8. The lowest BCUT2D eigenvalue weighted by atomic mass is 9.80. The lowest BCUT2D eigenvalue weighted by Gasteiger charge is -2.28. The number of rotatable bonds is 3. The summed E-state index contributed by atoms with van der Waals surface area (Å²) >= 11 is 0. The maximum atomic E-state index is 12.0. The van der Waals surface area contributed by atoms with E-state index in [1.54, 1.807) is 0 Å². The SMILES string of the molecule is NCC1CCC(CC(=O)N2CCC(O)C2)CC1. The summed E-state index contributed by atoms with van der Waals surface area (Å²) in [6, 6.07) is 0. The van der Waals surface area contributed by atoms with Crippen LogP contribution in [0.25, 0.3) is 0 Å². The number of aliphatic hydroxyl groups excluding tert-OH is 1. The standard InChI is InChI=1S/C13H24N2O2/c14-8-11-3-1-10(2-4-11)7-13(17)15-6-5-12(16)9-15/h10-12,16H,1-9,14H2. The van der Waals surface area contributed by atoms with Gasteiger partial charge in [0.15, 0.2) is 0 Å². The first-order valence-electron chi connectivity index (χ1n) is 6.85. The molecule has 2 fully saturated rings. The highest BCUT2D eigenvalue weighted by atomic mass is 16.3. The summed E-state index contributed by atoms with van der Waals surface area (Å²) in [5.41, 5.74) is 5.66. The number of β-amino-alcohol motifs (C(OH)–C–C–N with tert-alkyl or cyclic N) is 1. The minimum atomic E-state index is -0.299. The quantitative estimate of drug-likeness (QED) is 0.764. The van der Waals surface area contributed by atoms with E-state index in [0.29, 0.717) is 24.8 Å². The Morgan fingerprint density at radius 1 is 1.18 bits per heavy atom. The number of likely N-dealkylation sites (tertiary alicyclic amines) is 1. The molecule has 0 spiro atoms. The molecule has 2 rings (SSSR count). The number of amides is 1. The number of hydrogen-bond acceptors (Lipinski definition) is 3. The molecule has 0 aromatic heterocycles. The second-order valence-corrected chi connectivity index (χ2v) is 5.61. The van der Waals surface area contributed by atoms with Crippen molar-refractivity contribution in [3.8, 4) is 0 Å². The highest BCUT2D eigenvalue weighted by Crippen LogP contribution is 2.30. The van der Waals surface area contributed by atoms with Crippen LogP contribution < -0.4 is 5.73 Å². The molecule has 1 unspecified atom stereocenters. The van der Waals surface area contributed by atoms with E-state index in [1.165, 1.54) is 12.8 Å². The zero-order valence-corrected chi connectivity index (χ0v) is 10.5. The van der Waals surface area contributed by atoms with Gasteiger partial charge in [-0.15, -0.1) is 0 Å². The third kappa shape index (κ3) is 3.42. The van der Waals surface area contributed by atoms with Crippen LogP contribution in [0.5, 0.6) is 0 Å². The van der Waals surface area contributed by atoms with E-state index in [1.807, 2.05) is 4.90 Å². The van der Waals surface area contributed by atoms with Gasteiger partial charge in [0.1, 0.15) is 0 Å². The molecule has 1 saturated carbocycles. The van der Waals surface area contributed by atoms with Gasteiger partial charge in [-0.05, 0) is 50.5 Å². The summed E-state index contributed by atoms with van der Waals surface area (Å²) in [6.07, 6.45) is 5.75. The van der Waals surface area contributed by atoms with Crippen LogP contribution >= 0.6 is 0 Å². The van der Waals surface area contributed by atoms with Crippen LogP contribution in [-0.2, 0) is 4.79 Å². The maximum absolute atomic E-state index is 12.0. The fourth-order valence-corrected chi connectivity index (χ4v) is 3.02. The van der Waals surface area contributed by atoms with Crippen molar-refractivity contribution in [2.45, 2.75) is 44.6 Å². The molecule has 3 N–H and O–H groups in total. The molecule has 4 nitrogen and oxygen atoms in total. The number of nitrogens with two attached hydrogens (primary N) is 1. The Kier molecular flexibility index (Phi) is 4.40. The van der Waals surface area contributed by atoms with E-state index in [9.17, 15) is 9.90 Å². The third-order valence-corrected chi connectivity index (χ3v) is 4.28. The molecule has 0 bridgehead atoms. The lowest BCUT2D eigenvalue weighted by Crippen LogP contribution is -2.32. The first-order chi connectivity index (χ1) is 8.19. The first-order valence-corrected chi connectivity index (χ1v) is 6.85. The van der Waals surface area contributed by atoms with Crippen LogP contribution in [0.1, 0.15) is 38.5 Å². The molecule has 1 amide bonds. The van der Waals surface area contributed by atoms with E-state index in [-0.39, 0.29) is 12.0 Å². The van der Waals surface area contributed by atoms with E-state index >= 15 is 0 Å². The lowest BCUT2D eigenvalue weighted by molar-refractivity contribution is -0.131. The molecular formula is C13H24N2O2. The maximum Gasteiger partial charge on any atom is 0.222 e. The fraction of sp³-hybridized carbons (Fsp3) is 0.923. The number of aliphatic hydroxyl groups is 1. The smallest absolute Gasteiger partial charge is 0.222 e. The van der Waals surface area contributed by atoms with Gasteiger partial charge in [-0.2, -0.15) is 0 Å². The largest absolute Gasteiger partial charge is 0.391 e. The molecule has 2 aliphatic rings. The van der Waals surface area contributed by atoms with Crippen molar-refractivity contribution in [1.82, 2.24) is 4.90 Å². The Hall–Kier alpha value is -0.610. The topological polar surface area (TPSA) is 66.6 Å². The molecule has 0 aromatic rings. The highest BCUT2D eigenvalue weighted by molar-refractivity contribution is 5.76. The van der Waals surface area contributed by atoms with Gasteiger partial charge < -0.3 is 15.7 Å². The minimum Gasteiger partial charge on any atom is -0.391 e. The molecule has 17 heavy (non-hydrogen) atoms. The van der Waals surface area contributed by atoms with Crippen LogP contribution in [0, 0.1) is 11.8 Å². The van der Waals surface area contributed by atoms with Gasteiger partial charge in [0, 0.05) is 19.5 Å². The zero-order valence-electron chi connectivity index (χ0n) is 10.5. The Labute approximate surface area is 103 Å². The van der Waals surface area contributed by atoms with Crippen molar-refractivity contribution in [3.63, 3.8) is 0 Å². The summed E-state index contributed by atoms with van der Waals surface area (Å²) in [5.74, 6) is 1.45. The second-order valence-electron chi connectivity index (χ2n) is 5.61. The van der Waals surface area contributed by atoms with Crippen LogP contribution in [0.3, 0.4) is 0 Å². The average Bonchev–Trinajstić information content (AvgIpc) is 2.77. The van der Waals surface area contributed by atoms with Gasteiger partial charge in [-0.3, -0.25) is 4.79 Å². The molecule has 0 radical (unpaired) electrons. The number of carbonyl (C=O) groups excluding carboxylic acids is 1. The van der Waals surface area contributed by atoms with Crippen LogP contribution in [0.15, 0.2) is 0 Å². The molecule has 1 atom stereocenters. The molecular weight excluding hydrogens is 216 g/mol. The Morgan fingerprint density at radius 3 is 2.35 bits per heavy atom. The van der Waals surface area contributed by atoms with Gasteiger partial charge in [0.2, 0.25) is 5.91 Å². The zero-order chi connectivity index (χ0) is 12.3. The van der Waals surface area contributed by atoms with Crippen molar-refractivity contribution < 1.29 is 9.90 Å². The van der Waals surface area contributed by atoms with E-state index < -0.39 is 0 Å². The number of hydrogen-bond donors (Lipinski definition) is 2. The summed E-state index contributed by atoms with van der Waals surface area (Å²) in [5, 5.41) is 9.41. The van der Waals surface area contributed by atoms with Gasteiger partial charge >= 0.3 is 0 Å². The van der Waals surface area contributed by atoms with Crippen molar-refractivity contribution in [3.05, 3.63) is 0 Å². The second kappa shape index (κ2) is 5.83. The molecule has 4 heteroatoms. The highest BCUT2D eigenvalue weighted by Gasteiger charge is 2.28. The monoisotopic (exact) mass is 240 g/mol. The molecule has 98 valence electrons. The average molecular weight is 240 g/mol. The van der Waals surface area contributed by atoms with Crippen molar-refractivity contribution in [1.29, 1.82) is 0 Å².